The van der Waals surface area contributed by atoms with Crippen molar-refractivity contribution in [2.24, 2.45) is 0 Å². The van der Waals surface area contributed by atoms with Gasteiger partial charge in [-0.1, -0.05) is 98.8 Å². The van der Waals surface area contributed by atoms with Crippen molar-refractivity contribution in [1.29, 1.82) is 0 Å². The lowest BCUT2D eigenvalue weighted by atomic mass is 9.79. The van der Waals surface area contributed by atoms with Crippen molar-refractivity contribution in [1.82, 2.24) is 0 Å². The van der Waals surface area contributed by atoms with Gasteiger partial charge in [-0.15, -0.1) is 0 Å². The van der Waals surface area contributed by atoms with Crippen molar-refractivity contribution in [3.63, 3.8) is 0 Å². The molecule has 7 nitrogen and oxygen atoms in total. The van der Waals surface area contributed by atoms with Crippen LogP contribution in [0.3, 0.4) is 0 Å². The van der Waals surface area contributed by atoms with E-state index in [1.54, 1.807) is 0 Å². The predicted octanol–water partition coefficient (Wildman–Crippen LogP) is 8.86. The molecule has 0 unspecified atom stereocenters. The summed E-state index contributed by atoms with van der Waals surface area (Å²) < 4.78 is 34.2. The first kappa shape index (κ1) is 35.1. The molecule has 4 aromatic carbocycles. The van der Waals surface area contributed by atoms with Gasteiger partial charge in [-0.2, -0.15) is 13.0 Å². The molecule has 0 bridgehead atoms. The van der Waals surface area contributed by atoms with Crippen molar-refractivity contribution in [3.8, 4) is 0 Å². The summed E-state index contributed by atoms with van der Waals surface area (Å²) in [6, 6.07) is 25.2. The summed E-state index contributed by atoms with van der Waals surface area (Å²) in [5, 5.41) is 14.2. The maximum Gasteiger partial charge on any atom is 0.305 e. The second-order valence-electron chi connectivity index (χ2n) is 14.1. The first-order valence-electron chi connectivity index (χ1n) is 17.2. The minimum Gasteiger partial charge on any atom is -0.481 e. The lowest BCUT2D eigenvalue weighted by molar-refractivity contribution is -0.438. The van der Waals surface area contributed by atoms with E-state index >= 15 is 0 Å². The summed E-state index contributed by atoms with van der Waals surface area (Å²) >= 11 is 0. The van der Waals surface area contributed by atoms with E-state index in [0.717, 1.165) is 22.8 Å². The Hall–Kier alpha value is -4.79. The van der Waals surface area contributed by atoms with E-state index in [0.29, 0.717) is 25.9 Å². The van der Waals surface area contributed by atoms with Crippen LogP contribution in [-0.2, 0) is 25.7 Å². The number of allylic oxidation sites excluding steroid dienone is 8. The molecule has 258 valence electrons. The predicted molar refractivity (Wildman–Crippen MR) is 204 cm³/mol. The molecule has 0 atom stereocenters. The number of hydrogen-bond acceptors (Lipinski definition) is 4. The van der Waals surface area contributed by atoms with Gasteiger partial charge in [0.1, 0.15) is 6.54 Å². The van der Waals surface area contributed by atoms with E-state index in [4.69, 9.17) is 0 Å². The number of unbranched alkanes of at least 4 members (excludes halogenated alkanes) is 1. The number of anilines is 1. The Morgan fingerprint density at radius 1 is 0.780 bits per heavy atom. The molecular weight excluding hydrogens is 645 g/mol. The number of benzene rings is 4. The van der Waals surface area contributed by atoms with Crippen LogP contribution in [0.1, 0.15) is 58.1 Å². The second-order valence-corrected chi connectivity index (χ2v) is 15.7. The van der Waals surface area contributed by atoms with Gasteiger partial charge < -0.3 is 10.0 Å². The molecule has 8 heteroatoms. The van der Waals surface area contributed by atoms with Crippen molar-refractivity contribution < 1.29 is 27.4 Å². The van der Waals surface area contributed by atoms with Gasteiger partial charge in [-0.25, -0.2) is 0 Å². The van der Waals surface area contributed by atoms with Crippen LogP contribution < -0.4 is 4.90 Å². The molecule has 0 aliphatic carbocycles. The normalized spacial score (nSPS) is 17.7. The molecule has 0 amide bonds. The standard InChI is InChI=1S/C42H44N2O5S/c1-41(2)36(43(27-14-15-29-50(47,48)49)34-24-22-30-16-10-12-18-32(30)39(34)41)20-8-6-5-7-9-21-37-42(3,4)40-33-19-13-11-17-31(33)23-25-35(40)44(37)28-26-38(45)46/h5-13,16-25H,14-15,26-29H2,1-4H3,(H-,45,46,47,48,49)/p+1. The van der Waals surface area contributed by atoms with Crippen LogP contribution >= 0.6 is 0 Å². The molecule has 2 heterocycles. The minimum atomic E-state index is -4.00. The second kappa shape index (κ2) is 13.8. The van der Waals surface area contributed by atoms with E-state index in [-0.39, 0.29) is 23.0 Å². The summed E-state index contributed by atoms with van der Waals surface area (Å²) in [7, 11) is -4.00. The number of fused-ring (bicyclic) bond motifs is 6. The zero-order chi connectivity index (χ0) is 35.7. The van der Waals surface area contributed by atoms with E-state index < -0.39 is 16.1 Å². The summed E-state index contributed by atoms with van der Waals surface area (Å²) in [6.45, 7) is 9.88. The van der Waals surface area contributed by atoms with Gasteiger partial charge in [0.05, 0.1) is 17.6 Å². The number of carboxylic acids is 1. The highest BCUT2D eigenvalue weighted by Gasteiger charge is 2.45. The van der Waals surface area contributed by atoms with Crippen molar-refractivity contribution in [2.45, 2.75) is 57.8 Å². The Morgan fingerprint density at radius 3 is 2.08 bits per heavy atom. The van der Waals surface area contributed by atoms with Gasteiger partial charge in [0.15, 0.2) is 5.71 Å². The van der Waals surface area contributed by atoms with Crippen molar-refractivity contribution >= 4 is 54.7 Å². The van der Waals surface area contributed by atoms with E-state index in [1.165, 1.54) is 32.7 Å². The van der Waals surface area contributed by atoms with Crippen LogP contribution in [-0.4, -0.2) is 53.2 Å². The topological polar surface area (TPSA) is 97.9 Å². The first-order valence-corrected chi connectivity index (χ1v) is 18.8. The number of carbonyl (C=O) groups is 1. The maximum atomic E-state index is 11.6. The summed E-state index contributed by atoms with van der Waals surface area (Å²) in [5.74, 6) is -1.07. The van der Waals surface area contributed by atoms with Crippen molar-refractivity contribution in [2.75, 3.05) is 23.7 Å². The molecule has 0 aromatic heterocycles. The number of nitrogens with zero attached hydrogens (tertiary/aromatic N) is 2. The third-order valence-electron chi connectivity index (χ3n) is 10.0. The van der Waals surface area contributed by atoms with Gasteiger partial charge in [-0.3, -0.25) is 9.35 Å². The Kier molecular flexibility index (Phi) is 9.71. The van der Waals surface area contributed by atoms with Crippen LogP contribution in [0, 0.1) is 0 Å². The molecule has 4 aromatic rings. The molecule has 0 fully saturated rings. The zero-order valence-corrected chi connectivity index (χ0v) is 30.0. The highest BCUT2D eigenvalue weighted by molar-refractivity contribution is 7.85. The van der Waals surface area contributed by atoms with Crippen LogP contribution in [0.2, 0.25) is 0 Å². The summed E-state index contributed by atoms with van der Waals surface area (Å²) in [4.78, 5) is 13.7. The Morgan fingerprint density at radius 2 is 1.40 bits per heavy atom. The zero-order valence-electron chi connectivity index (χ0n) is 29.1. The fourth-order valence-electron chi connectivity index (χ4n) is 7.80. The average Bonchev–Trinajstić information content (AvgIpc) is 3.43. The molecule has 2 aliphatic rings. The minimum absolute atomic E-state index is 0.0422. The van der Waals surface area contributed by atoms with Crippen LogP contribution in [0.15, 0.2) is 121 Å². The molecule has 2 aliphatic heterocycles. The first-order chi connectivity index (χ1) is 23.8. The lowest BCUT2D eigenvalue weighted by Gasteiger charge is -2.26. The third kappa shape index (κ3) is 6.82. The van der Waals surface area contributed by atoms with Crippen LogP contribution in [0.5, 0.6) is 0 Å². The van der Waals surface area contributed by atoms with Gasteiger partial charge in [-0.05, 0) is 65.6 Å². The van der Waals surface area contributed by atoms with Gasteiger partial charge in [0.2, 0.25) is 5.69 Å². The van der Waals surface area contributed by atoms with Gasteiger partial charge in [0, 0.05) is 47.5 Å². The highest BCUT2D eigenvalue weighted by atomic mass is 32.2. The summed E-state index contributed by atoms with van der Waals surface area (Å²) in [6.07, 6.45) is 15.3. The number of aliphatic carboxylic acids is 1. The molecule has 0 saturated carbocycles. The monoisotopic (exact) mass is 689 g/mol. The smallest absolute Gasteiger partial charge is 0.305 e. The Labute approximate surface area is 295 Å². The molecule has 0 radical (unpaired) electrons. The molecule has 0 saturated heterocycles. The molecule has 2 N–H and O–H groups in total. The molecule has 0 spiro atoms. The number of hydrogen-bond donors (Lipinski definition) is 2. The molecule has 50 heavy (non-hydrogen) atoms. The highest BCUT2D eigenvalue weighted by Crippen LogP contribution is 2.51. The Bertz CT molecular complexity index is 2240. The van der Waals surface area contributed by atoms with Gasteiger partial charge in [0.25, 0.3) is 10.1 Å². The fraction of sp³-hybridized carbons (Fsp3) is 0.286. The van der Waals surface area contributed by atoms with Gasteiger partial charge >= 0.3 is 5.97 Å². The average molecular weight is 690 g/mol. The Balaban J connectivity index is 1.26. The van der Waals surface area contributed by atoms with E-state index in [9.17, 15) is 22.9 Å². The summed E-state index contributed by atoms with van der Waals surface area (Å²) in [5.41, 5.74) is 6.21. The van der Waals surface area contributed by atoms with E-state index in [1.807, 2.05) is 42.5 Å². The van der Waals surface area contributed by atoms with Crippen LogP contribution in [0.4, 0.5) is 11.4 Å². The lowest BCUT2D eigenvalue weighted by Crippen LogP contribution is -2.28. The quantitative estimate of drug-likeness (QED) is 0.0668. The van der Waals surface area contributed by atoms with Crippen LogP contribution in [0.25, 0.3) is 21.5 Å². The fourth-order valence-corrected chi connectivity index (χ4v) is 8.37. The largest absolute Gasteiger partial charge is 0.481 e. The number of carboxylic acid groups (broad SMARTS) is 1. The SMILES string of the molecule is CC1(C)C(C=CC=CC=C/C=C2/N(CCC(=O)O)c3ccc4ccccc4c3C2(C)C)=[N+](CCCCS(=O)(=O)O)c2ccc3ccccc3c21. The molecular formula is C42H45N2O5S+. The van der Waals surface area contributed by atoms with Crippen molar-refractivity contribution in [3.05, 3.63) is 132 Å². The molecule has 6 rings (SSSR count). The maximum absolute atomic E-state index is 11.6. The number of rotatable bonds is 12. The van der Waals surface area contributed by atoms with E-state index in [2.05, 4.69) is 110 Å². The third-order valence-corrected chi connectivity index (χ3v) is 10.8.